The molecule has 1 aromatic heterocycles. The maximum Gasteiger partial charge on any atom is 0.217 e. The van der Waals surface area contributed by atoms with E-state index in [1.165, 1.54) is 6.92 Å². The number of aromatic nitrogens is 2. The molecule has 2 unspecified atom stereocenters. The molecular formula is C15H19N3O6. The molecule has 9 heteroatoms. The summed E-state index contributed by atoms with van der Waals surface area (Å²) < 4.78 is 10.3. The van der Waals surface area contributed by atoms with Gasteiger partial charge < -0.3 is 25.4 Å². The standard InChI is InChI=1S/C15H19N3O6/c1-7(20)16-13-11(23-12(6-19)14(21)15(13)22)5-8-2-3-9-10(4-8)18-24-17-9/h2-4,11-15,19,21-22H,5-6H2,1H3,(H,16,20)/t11-,12?,13?,14+,15+/m0/s1. The van der Waals surface area contributed by atoms with Crippen molar-refractivity contribution >= 4 is 16.9 Å². The van der Waals surface area contributed by atoms with E-state index >= 15 is 0 Å². The number of ether oxygens (including phenoxy) is 1. The van der Waals surface area contributed by atoms with Gasteiger partial charge in [0.25, 0.3) is 0 Å². The maximum absolute atomic E-state index is 11.4. The fourth-order valence-electron chi connectivity index (χ4n) is 2.97. The van der Waals surface area contributed by atoms with Crippen LogP contribution in [0.5, 0.6) is 0 Å². The van der Waals surface area contributed by atoms with Gasteiger partial charge in [-0.2, -0.15) is 0 Å². The summed E-state index contributed by atoms with van der Waals surface area (Å²) in [5.74, 6) is -0.349. The molecule has 1 fully saturated rings. The Bertz CT molecular complexity index is 720. The maximum atomic E-state index is 11.4. The van der Waals surface area contributed by atoms with Gasteiger partial charge in [0.15, 0.2) is 0 Å². The summed E-state index contributed by atoms with van der Waals surface area (Å²) in [6.07, 6.45) is -3.74. The number of amides is 1. The van der Waals surface area contributed by atoms with Crippen molar-refractivity contribution in [3.63, 3.8) is 0 Å². The van der Waals surface area contributed by atoms with E-state index in [1.54, 1.807) is 12.1 Å². The average Bonchev–Trinajstić information content (AvgIpc) is 3.01. The van der Waals surface area contributed by atoms with Crippen LogP contribution in [0.25, 0.3) is 11.0 Å². The zero-order valence-corrected chi connectivity index (χ0v) is 13.0. The number of carbonyl (C=O) groups excluding carboxylic acids is 1. The third-order valence-corrected chi connectivity index (χ3v) is 4.15. The highest BCUT2D eigenvalue weighted by Crippen LogP contribution is 2.25. The molecular weight excluding hydrogens is 318 g/mol. The molecule has 0 radical (unpaired) electrons. The summed E-state index contributed by atoms with van der Waals surface area (Å²) in [4.78, 5) is 11.4. The van der Waals surface area contributed by atoms with Gasteiger partial charge >= 0.3 is 0 Å². The summed E-state index contributed by atoms with van der Waals surface area (Å²) in [7, 11) is 0. The normalized spacial score (nSPS) is 30.4. The first kappa shape index (κ1) is 16.8. The minimum atomic E-state index is -1.29. The quantitative estimate of drug-likeness (QED) is 0.543. The first-order valence-corrected chi connectivity index (χ1v) is 7.60. The fraction of sp³-hybridized carbons (Fsp3) is 0.533. The van der Waals surface area contributed by atoms with Crippen LogP contribution in [-0.4, -0.2) is 68.6 Å². The van der Waals surface area contributed by atoms with Gasteiger partial charge in [0.1, 0.15) is 29.3 Å². The van der Waals surface area contributed by atoms with Crippen LogP contribution in [-0.2, 0) is 16.0 Å². The number of rotatable bonds is 4. The van der Waals surface area contributed by atoms with Gasteiger partial charge in [-0.05, 0) is 28.0 Å². The van der Waals surface area contributed by atoms with E-state index in [4.69, 9.17) is 4.74 Å². The summed E-state index contributed by atoms with van der Waals surface area (Å²) in [5, 5.41) is 39.7. The van der Waals surface area contributed by atoms with Crippen LogP contribution in [0.1, 0.15) is 12.5 Å². The molecule has 9 nitrogen and oxygen atoms in total. The Kier molecular flexibility index (Phi) is 4.76. The minimum absolute atomic E-state index is 0.341. The van der Waals surface area contributed by atoms with Crippen LogP contribution in [0.2, 0.25) is 0 Å². The lowest BCUT2D eigenvalue weighted by atomic mass is 9.89. The molecule has 4 N–H and O–H groups in total. The Morgan fingerprint density at radius 3 is 2.67 bits per heavy atom. The Morgan fingerprint density at radius 1 is 1.21 bits per heavy atom. The Labute approximate surface area is 137 Å². The van der Waals surface area contributed by atoms with E-state index < -0.39 is 37.1 Å². The van der Waals surface area contributed by atoms with Crippen molar-refractivity contribution in [2.75, 3.05) is 6.61 Å². The third-order valence-electron chi connectivity index (χ3n) is 4.15. The first-order chi connectivity index (χ1) is 11.5. The van der Waals surface area contributed by atoms with E-state index in [9.17, 15) is 20.1 Å². The van der Waals surface area contributed by atoms with E-state index in [0.29, 0.717) is 17.5 Å². The van der Waals surface area contributed by atoms with E-state index in [0.717, 1.165) is 5.56 Å². The van der Waals surface area contributed by atoms with E-state index in [2.05, 4.69) is 20.3 Å². The summed E-state index contributed by atoms with van der Waals surface area (Å²) in [5.41, 5.74) is 2.03. The average molecular weight is 337 g/mol. The molecule has 1 aliphatic rings. The van der Waals surface area contributed by atoms with Crippen LogP contribution in [0, 0.1) is 0 Å². The number of hydrogen-bond donors (Lipinski definition) is 4. The number of carbonyl (C=O) groups is 1. The molecule has 2 aromatic rings. The zero-order valence-electron chi connectivity index (χ0n) is 13.0. The monoisotopic (exact) mass is 337 g/mol. The smallest absolute Gasteiger partial charge is 0.217 e. The molecule has 130 valence electrons. The van der Waals surface area contributed by atoms with Gasteiger partial charge in [-0.25, -0.2) is 4.63 Å². The molecule has 0 spiro atoms. The lowest BCUT2D eigenvalue weighted by Crippen LogP contribution is -2.64. The molecule has 5 atom stereocenters. The molecule has 1 aliphatic heterocycles. The van der Waals surface area contributed by atoms with Crippen molar-refractivity contribution in [1.82, 2.24) is 15.6 Å². The van der Waals surface area contributed by atoms with Crippen molar-refractivity contribution in [2.24, 2.45) is 0 Å². The van der Waals surface area contributed by atoms with Gasteiger partial charge in [-0.3, -0.25) is 4.79 Å². The van der Waals surface area contributed by atoms with Crippen LogP contribution in [0.3, 0.4) is 0 Å². The number of aliphatic hydroxyl groups is 3. The van der Waals surface area contributed by atoms with Gasteiger partial charge in [0.05, 0.1) is 18.8 Å². The first-order valence-electron chi connectivity index (χ1n) is 7.60. The fourth-order valence-corrected chi connectivity index (χ4v) is 2.97. The van der Waals surface area contributed by atoms with Crippen molar-refractivity contribution in [2.45, 2.75) is 43.8 Å². The second-order valence-electron chi connectivity index (χ2n) is 5.89. The molecule has 1 aromatic carbocycles. The lowest BCUT2D eigenvalue weighted by Gasteiger charge is -2.42. The Morgan fingerprint density at radius 2 is 1.96 bits per heavy atom. The Hall–Kier alpha value is -2.07. The summed E-state index contributed by atoms with van der Waals surface area (Å²) in [6.45, 7) is 0.884. The number of fused-ring (bicyclic) bond motifs is 1. The predicted octanol–water partition coefficient (Wildman–Crippen LogP) is -1.25. The molecule has 0 aliphatic carbocycles. The van der Waals surface area contributed by atoms with Gasteiger partial charge in [0.2, 0.25) is 5.91 Å². The Balaban J connectivity index is 1.84. The van der Waals surface area contributed by atoms with Crippen LogP contribution in [0.15, 0.2) is 22.8 Å². The largest absolute Gasteiger partial charge is 0.394 e. The highest BCUT2D eigenvalue weighted by molar-refractivity contribution is 5.74. The van der Waals surface area contributed by atoms with Crippen LogP contribution < -0.4 is 5.32 Å². The van der Waals surface area contributed by atoms with Crippen molar-refractivity contribution < 1.29 is 29.5 Å². The van der Waals surface area contributed by atoms with Crippen molar-refractivity contribution in [1.29, 1.82) is 0 Å². The number of nitrogens with zero attached hydrogens (tertiary/aromatic N) is 2. The van der Waals surface area contributed by atoms with Crippen molar-refractivity contribution in [3.05, 3.63) is 23.8 Å². The zero-order chi connectivity index (χ0) is 17.3. The highest BCUT2D eigenvalue weighted by atomic mass is 16.6. The predicted molar refractivity (Wildman–Crippen MR) is 80.9 cm³/mol. The third kappa shape index (κ3) is 3.24. The van der Waals surface area contributed by atoms with Crippen LogP contribution >= 0.6 is 0 Å². The molecule has 24 heavy (non-hydrogen) atoms. The molecule has 2 heterocycles. The second-order valence-corrected chi connectivity index (χ2v) is 5.89. The topological polar surface area (TPSA) is 138 Å². The summed E-state index contributed by atoms with van der Waals surface area (Å²) in [6, 6.07) is 4.52. The second kappa shape index (κ2) is 6.81. The molecule has 0 saturated carbocycles. The van der Waals surface area contributed by atoms with Gasteiger partial charge in [0, 0.05) is 13.3 Å². The SMILES string of the molecule is CC(=O)NC1[C@H](Cc2ccc3nonc3c2)OC(CO)[C@@H](O)[C@@H]1O. The van der Waals surface area contributed by atoms with Gasteiger partial charge in [-0.1, -0.05) is 6.07 Å². The summed E-state index contributed by atoms with van der Waals surface area (Å²) >= 11 is 0. The molecule has 0 bridgehead atoms. The van der Waals surface area contributed by atoms with Crippen LogP contribution in [0.4, 0.5) is 0 Å². The molecule has 3 rings (SSSR count). The number of benzene rings is 1. The van der Waals surface area contributed by atoms with Crippen molar-refractivity contribution in [3.8, 4) is 0 Å². The molecule has 1 amide bonds. The number of nitrogens with one attached hydrogen (secondary N) is 1. The number of hydrogen-bond acceptors (Lipinski definition) is 8. The number of aliphatic hydroxyl groups excluding tert-OH is 3. The van der Waals surface area contributed by atoms with Gasteiger partial charge in [-0.15, -0.1) is 0 Å². The lowest BCUT2D eigenvalue weighted by molar-refractivity contribution is -0.194. The minimum Gasteiger partial charge on any atom is -0.394 e. The van der Waals surface area contributed by atoms with E-state index in [1.807, 2.05) is 6.07 Å². The molecule has 1 saturated heterocycles. The highest BCUT2D eigenvalue weighted by Gasteiger charge is 2.44. The van der Waals surface area contributed by atoms with E-state index in [-0.39, 0.29) is 5.91 Å².